The van der Waals surface area contributed by atoms with Crippen molar-refractivity contribution in [2.24, 2.45) is 10.7 Å². The normalized spacial score (nSPS) is 11.4. The van der Waals surface area contributed by atoms with Crippen LogP contribution in [0, 0.1) is 3.57 Å². The highest BCUT2D eigenvalue weighted by Crippen LogP contribution is 2.21. The van der Waals surface area contributed by atoms with E-state index in [0.29, 0.717) is 18.9 Å². The van der Waals surface area contributed by atoms with Gasteiger partial charge in [0, 0.05) is 16.7 Å². The number of nitrogens with zero attached hydrogens (tertiary/aromatic N) is 3. The topological polar surface area (TPSA) is 131 Å². The molecule has 0 aliphatic rings. The molecule has 10 heteroatoms. The van der Waals surface area contributed by atoms with Gasteiger partial charge in [0.2, 0.25) is 0 Å². The number of carbonyl (C=O) groups excluding carboxylic acids is 1. The second kappa shape index (κ2) is 13.3. The van der Waals surface area contributed by atoms with Crippen molar-refractivity contribution in [2.75, 3.05) is 17.6 Å². The molecule has 1 heterocycles. The van der Waals surface area contributed by atoms with Crippen LogP contribution in [0.5, 0.6) is 0 Å². The Morgan fingerprint density at radius 1 is 1.13 bits per heavy atom. The minimum absolute atomic E-state index is 0.0248. The van der Waals surface area contributed by atoms with Crippen molar-refractivity contribution in [3.63, 3.8) is 0 Å². The minimum atomic E-state index is -0.597. The number of unbranched alkanes of at least 4 members (excludes halogenated alkanes) is 5. The number of carbonyl (C=O) groups is 1. The highest BCUT2D eigenvalue weighted by molar-refractivity contribution is 14.1. The maximum absolute atomic E-state index is 12.4. The summed E-state index contributed by atoms with van der Waals surface area (Å²) in [7, 11) is 0. The number of aliphatic imine (C=N–C) groups is 1. The standard InChI is InChI=1S/C21H29ClIN7O/c1-2-3-4-5-6-7-12-26-21(25)30-20(31)16-18(24)29-19(17(22)28-16)27-13-14-8-10-15(23)11-9-14/h8-11H,2-7,12-13H2,1H3,(H3,24,27,29)(H3,25,26,30,31). The molecule has 31 heavy (non-hydrogen) atoms. The summed E-state index contributed by atoms with van der Waals surface area (Å²) < 4.78 is 1.15. The molecule has 168 valence electrons. The molecular weight excluding hydrogens is 529 g/mol. The summed E-state index contributed by atoms with van der Waals surface area (Å²) in [5.41, 5.74) is 12.7. The molecule has 1 aromatic heterocycles. The number of nitrogens with two attached hydrogens (primary N) is 2. The third kappa shape index (κ3) is 8.86. The Kier molecular flexibility index (Phi) is 10.8. The second-order valence-corrected chi connectivity index (χ2v) is 8.67. The number of hydrogen-bond acceptors (Lipinski definition) is 6. The third-order valence-corrected chi connectivity index (χ3v) is 5.49. The fraction of sp³-hybridized carbons (Fsp3) is 0.429. The Bertz CT molecular complexity index is 890. The SMILES string of the molecule is CCCCCCCCN=C(N)NC(=O)c1nc(Cl)c(NCc2ccc(I)cc2)nc1N. The number of rotatable bonds is 11. The number of guanidine groups is 1. The van der Waals surface area contributed by atoms with E-state index in [1.54, 1.807) is 0 Å². The van der Waals surface area contributed by atoms with Crippen LogP contribution in [-0.2, 0) is 6.54 Å². The zero-order valence-corrected chi connectivity index (χ0v) is 20.5. The summed E-state index contributed by atoms with van der Waals surface area (Å²) in [5, 5.41) is 5.61. The molecule has 0 unspecified atom stereocenters. The quantitative estimate of drug-likeness (QED) is 0.141. The summed E-state index contributed by atoms with van der Waals surface area (Å²) in [4.78, 5) is 24.9. The number of amides is 1. The average Bonchev–Trinajstić information content (AvgIpc) is 2.74. The second-order valence-electron chi connectivity index (χ2n) is 7.07. The smallest absolute Gasteiger partial charge is 0.280 e. The first kappa shape index (κ1) is 25.1. The third-order valence-electron chi connectivity index (χ3n) is 4.50. The van der Waals surface area contributed by atoms with Crippen molar-refractivity contribution in [3.05, 3.63) is 44.2 Å². The predicted molar refractivity (Wildman–Crippen MR) is 135 cm³/mol. The van der Waals surface area contributed by atoms with E-state index in [1.807, 2.05) is 24.3 Å². The summed E-state index contributed by atoms with van der Waals surface area (Å²) in [6, 6.07) is 8.00. The fourth-order valence-electron chi connectivity index (χ4n) is 2.80. The number of halogens is 2. The van der Waals surface area contributed by atoms with Gasteiger partial charge in [0.25, 0.3) is 5.91 Å². The number of hydrogen-bond donors (Lipinski definition) is 4. The molecule has 0 atom stereocenters. The summed E-state index contributed by atoms with van der Waals surface area (Å²) in [6.45, 7) is 3.24. The lowest BCUT2D eigenvalue weighted by atomic mass is 10.1. The summed E-state index contributed by atoms with van der Waals surface area (Å²) >= 11 is 8.44. The molecule has 8 nitrogen and oxygen atoms in total. The summed E-state index contributed by atoms with van der Waals surface area (Å²) in [6.07, 6.45) is 6.92. The molecule has 0 fully saturated rings. The van der Waals surface area contributed by atoms with Crippen LogP contribution in [0.4, 0.5) is 11.6 Å². The first-order chi connectivity index (χ1) is 14.9. The minimum Gasteiger partial charge on any atom is -0.382 e. The van der Waals surface area contributed by atoms with Crippen molar-refractivity contribution >= 4 is 57.7 Å². The van der Waals surface area contributed by atoms with Crippen LogP contribution in [0.25, 0.3) is 0 Å². The van der Waals surface area contributed by atoms with Crippen molar-refractivity contribution in [2.45, 2.75) is 52.0 Å². The average molecular weight is 558 g/mol. The molecule has 0 radical (unpaired) electrons. The molecular formula is C21H29ClIN7O. The van der Waals surface area contributed by atoms with E-state index < -0.39 is 5.91 Å². The van der Waals surface area contributed by atoms with Gasteiger partial charge in [-0.25, -0.2) is 9.97 Å². The zero-order valence-electron chi connectivity index (χ0n) is 17.6. The van der Waals surface area contributed by atoms with Gasteiger partial charge in [-0.2, -0.15) is 0 Å². The van der Waals surface area contributed by atoms with Gasteiger partial charge in [-0.3, -0.25) is 15.1 Å². The molecule has 1 aromatic carbocycles. The van der Waals surface area contributed by atoms with Gasteiger partial charge in [-0.1, -0.05) is 62.8 Å². The van der Waals surface area contributed by atoms with Crippen LogP contribution < -0.4 is 22.1 Å². The molecule has 0 saturated carbocycles. The molecule has 2 rings (SSSR count). The Labute approximate surface area is 201 Å². The number of aromatic nitrogens is 2. The fourth-order valence-corrected chi connectivity index (χ4v) is 3.36. The Hall–Kier alpha value is -2.14. The van der Waals surface area contributed by atoms with Crippen molar-refractivity contribution < 1.29 is 4.79 Å². The van der Waals surface area contributed by atoms with Crippen molar-refractivity contribution in [1.29, 1.82) is 0 Å². The van der Waals surface area contributed by atoms with E-state index in [0.717, 1.165) is 22.0 Å². The van der Waals surface area contributed by atoms with Gasteiger partial charge in [-0.15, -0.1) is 0 Å². The van der Waals surface area contributed by atoms with E-state index >= 15 is 0 Å². The molecule has 2 aromatic rings. The molecule has 6 N–H and O–H groups in total. The number of nitrogens with one attached hydrogen (secondary N) is 2. The highest BCUT2D eigenvalue weighted by atomic mass is 127. The highest BCUT2D eigenvalue weighted by Gasteiger charge is 2.17. The van der Waals surface area contributed by atoms with E-state index in [1.165, 1.54) is 25.7 Å². The lowest BCUT2D eigenvalue weighted by Gasteiger charge is -2.11. The Morgan fingerprint density at radius 3 is 2.52 bits per heavy atom. The maximum atomic E-state index is 12.4. The summed E-state index contributed by atoms with van der Waals surface area (Å²) in [5.74, 6) is -0.313. The van der Waals surface area contributed by atoms with Crippen molar-refractivity contribution in [3.8, 4) is 0 Å². The van der Waals surface area contributed by atoms with Crippen LogP contribution in [-0.4, -0.2) is 28.4 Å². The Morgan fingerprint density at radius 2 is 1.81 bits per heavy atom. The lowest BCUT2D eigenvalue weighted by Crippen LogP contribution is -2.38. The molecule has 1 amide bonds. The first-order valence-electron chi connectivity index (χ1n) is 10.3. The van der Waals surface area contributed by atoms with Gasteiger partial charge in [0.15, 0.2) is 28.4 Å². The maximum Gasteiger partial charge on any atom is 0.280 e. The van der Waals surface area contributed by atoms with Crippen LogP contribution >= 0.6 is 34.2 Å². The molecule has 0 aliphatic carbocycles. The molecule has 0 aliphatic heterocycles. The van der Waals surface area contributed by atoms with Gasteiger partial charge < -0.3 is 16.8 Å². The first-order valence-corrected chi connectivity index (χ1v) is 11.8. The molecule has 0 spiro atoms. The van der Waals surface area contributed by atoms with Gasteiger partial charge >= 0.3 is 0 Å². The number of nitrogen functional groups attached to an aromatic ring is 1. The lowest BCUT2D eigenvalue weighted by molar-refractivity contribution is 0.0972. The number of benzene rings is 1. The van der Waals surface area contributed by atoms with Gasteiger partial charge in [0.05, 0.1) is 0 Å². The van der Waals surface area contributed by atoms with E-state index in [2.05, 4.69) is 55.1 Å². The van der Waals surface area contributed by atoms with Crippen LogP contribution in [0.3, 0.4) is 0 Å². The monoisotopic (exact) mass is 557 g/mol. The van der Waals surface area contributed by atoms with Crippen LogP contribution in [0.15, 0.2) is 29.3 Å². The van der Waals surface area contributed by atoms with Gasteiger partial charge in [0.1, 0.15) is 0 Å². The van der Waals surface area contributed by atoms with E-state index in [9.17, 15) is 4.79 Å². The van der Waals surface area contributed by atoms with E-state index in [-0.39, 0.29) is 22.6 Å². The largest absolute Gasteiger partial charge is 0.382 e. The zero-order chi connectivity index (χ0) is 22.6. The number of anilines is 2. The van der Waals surface area contributed by atoms with Gasteiger partial charge in [-0.05, 0) is 46.7 Å². The predicted octanol–water partition coefficient (Wildman–Crippen LogP) is 4.33. The van der Waals surface area contributed by atoms with Crippen molar-refractivity contribution in [1.82, 2.24) is 15.3 Å². The Balaban J connectivity index is 1.88. The molecule has 0 bridgehead atoms. The van der Waals surface area contributed by atoms with E-state index in [4.69, 9.17) is 23.1 Å². The van der Waals surface area contributed by atoms with Crippen LogP contribution in [0.1, 0.15) is 61.5 Å². The molecule has 0 saturated heterocycles. The van der Waals surface area contributed by atoms with Crippen LogP contribution in [0.2, 0.25) is 5.15 Å².